The summed E-state index contributed by atoms with van der Waals surface area (Å²) in [6.45, 7) is 1.91. The van der Waals surface area contributed by atoms with Crippen molar-refractivity contribution in [2.75, 3.05) is 11.5 Å². The maximum Gasteiger partial charge on any atom is 0.171 e. The van der Waals surface area contributed by atoms with E-state index in [1.807, 2.05) is 67.6 Å². The van der Waals surface area contributed by atoms with Crippen LogP contribution in [0.4, 0.5) is 5.82 Å². The van der Waals surface area contributed by atoms with Crippen LogP contribution in [-0.2, 0) is 10.5 Å². The zero-order chi connectivity index (χ0) is 30.2. The van der Waals surface area contributed by atoms with Crippen LogP contribution in [-0.4, -0.2) is 59.0 Å². The first-order valence-corrected chi connectivity index (χ1v) is 15.2. The summed E-state index contributed by atoms with van der Waals surface area (Å²) < 4.78 is 13.5. The SMILES string of the molecule is Cc1noc(-c2ccccc2)c1CSC[C@H]1O[C@@H](n2cc(C#Cc3cnc4ccccc4c3)c3c(N)ncnc32)[C@H](O)[C@@H]1O. The second-order valence-electron chi connectivity index (χ2n) is 10.6. The van der Waals surface area contributed by atoms with Gasteiger partial charge < -0.3 is 29.8 Å². The highest BCUT2D eigenvalue weighted by Crippen LogP contribution is 2.37. The molecule has 0 amide bonds. The standard InChI is InChI=1S/C33H28N6O4S/c1-19-24(30(43-38-19)21-7-3-2-4-8-21)16-44-17-26-28(40)29(41)33(42-26)39-15-23(27-31(34)36-18-37-32(27)39)12-11-20-13-22-9-5-6-10-25(22)35-14-20/h2-10,13-15,18,26,28-29,33,40-41H,16-17H2,1H3,(H2,34,36,37)/t26-,28-,29-,33-/m1/s1. The molecule has 0 bridgehead atoms. The molecule has 0 aliphatic carbocycles. The molecule has 0 unspecified atom stereocenters. The number of hydrogen-bond acceptors (Lipinski definition) is 10. The summed E-state index contributed by atoms with van der Waals surface area (Å²) in [7, 11) is 0. The molecule has 1 aliphatic rings. The number of aromatic nitrogens is 5. The lowest BCUT2D eigenvalue weighted by Crippen LogP contribution is -2.32. The number of thioether (sulfide) groups is 1. The van der Waals surface area contributed by atoms with Crippen LogP contribution in [0.1, 0.15) is 28.6 Å². The van der Waals surface area contributed by atoms with E-state index in [-0.39, 0.29) is 5.82 Å². The average Bonchev–Trinajstić information content (AvgIpc) is 3.70. The second-order valence-corrected chi connectivity index (χ2v) is 11.6. The Morgan fingerprint density at radius 3 is 2.68 bits per heavy atom. The molecule has 4 atom stereocenters. The summed E-state index contributed by atoms with van der Waals surface area (Å²) in [5.74, 6) is 8.36. The van der Waals surface area contributed by atoms with Gasteiger partial charge in [0, 0.05) is 46.0 Å². The van der Waals surface area contributed by atoms with E-state index in [2.05, 4.69) is 31.9 Å². The van der Waals surface area contributed by atoms with Crippen LogP contribution in [0.2, 0.25) is 0 Å². The van der Waals surface area contributed by atoms with Gasteiger partial charge in [0.05, 0.1) is 28.3 Å². The van der Waals surface area contributed by atoms with Crippen molar-refractivity contribution >= 4 is 39.5 Å². The molecule has 0 radical (unpaired) electrons. The van der Waals surface area contributed by atoms with Crippen molar-refractivity contribution in [2.24, 2.45) is 0 Å². The smallest absolute Gasteiger partial charge is 0.171 e. The first-order chi connectivity index (χ1) is 21.5. The minimum atomic E-state index is -1.20. The Kier molecular flexibility index (Phi) is 7.49. The summed E-state index contributed by atoms with van der Waals surface area (Å²) in [6, 6.07) is 19.6. The highest BCUT2D eigenvalue weighted by molar-refractivity contribution is 7.98. The van der Waals surface area contributed by atoms with Crippen molar-refractivity contribution in [1.29, 1.82) is 0 Å². The number of fused-ring (bicyclic) bond motifs is 2. The lowest BCUT2D eigenvalue weighted by atomic mass is 10.1. The summed E-state index contributed by atoms with van der Waals surface area (Å²) >= 11 is 1.57. The van der Waals surface area contributed by atoms with E-state index >= 15 is 0 Å². The number of nitrogens with zero attached hydrogens (tertiary/aromatic N) is 5. The van der Waals surface area contributed by atoms with E-state index in [1.165, 1.54) is 6.33 Å². The molecule has 4 N–H and O–H groups in total. The normalized spacial score (nSPS) is 19.8. The number of aryl methyl sites for hydroxylation is 1. The van der Waals surface area contributed by atoms with Gasteiger partial charge in [-0.05, 0) is 19.1 Å². The van der Waals surface area contributed by atoms with Gasteiger partial charge >= 0.3 is 0 Å². The zero-order valence-corrected chi connectivity index (χ0v) is 24.5. The molecule has 10 nitrogen and oxygen atoms in total. The number of hydrogen-bond donors (Lipinski definition) is 3. The molecule has 7 rings (SSSR count). The van der Waals surface area contributed by atoms with Crippen molar-refractivity contribution in [3.05, 3.63) is 102 Å². The summed E-state index contributed by atoms with van der Waals surface area (Å²) in [4.78, 5) is 13.1. The summed E-state index contributed by atoms with van der Waals surface area (Å²) in [6.07, 6.45) is 0.975. The Morgan fingerprint density at radius 2 is 1.82 bits per heavy atom. The number of aliphatic hydroxyl groups excluding tert-OH is 2. The fourth-order valence-corrected chi connectivity index (χ4v) is 6.59. The van der Waals surface area contributed by atoms with E-state index in [1.54, 1.807) is 28.7 Å². The van der Waals surface area contributed by atoms with Crippen molar-refractivity contribution in [3.63, 3.8) is 0 Å². The maximum absolute atomic E-state index is 11.1. The number of para-hydroxylation sites is 1. The first kappa shape index (κ1) is 28.1. The number of benzene rings is 2. The van der Waals surface area contributed by atoms with Crippen molar-refractivity contribution in [2.45, 2.75) is 37.2 Å². The Bertz CT molecular complexity index is 2030. The van der Waals surface area contributed by atoms with Gasteiger partial charge in [-0.3, -0.25) is 4.98 Å². The van der Waals surface area contributed by atoms with Crippen LogP contribution in [0, 0.1) is 18.8 Å². The number of nitrogens with two attached hydrogens (primary N) is 1. The Balaban J connectivity index is 1.12. The molecule has 0 spiro atoms. The van der Waals surface area contributed by atoms with E-state index in [0.717, 1.165) is 39.0 Å². The predicted molar refractivity (Wildman–Crippen MR) is 168 cm³/mol. The third-order valence-corrected chi connectivity index (χ3v) is 8.79. The van der Waals surface area contributed by atoms with Crippen LogP contribution in [0.25, 0.3) is 33.3 Å². The third-order valence-electron chi connectivity index (χ3n) is 7.73. The molecule has 0 saturated carbocycles. The maximum atomic E-state index is 11.1. The van der Waals surface area contributed by atoms with Gasteiger partial charge in [0.15, 0.2) is 12.0 Å². The van der Waals surface area contributed by atoms with Gasteiger partial charge in [-0.1, -0.05) is 65.5 Å². The number of pyridine rings is 1. The molecular formula is C33H28N6O4S. The third kappa shape index (κ3) is 5.18. The van der Waals surface area contributed by atoms with Crippen molar-refractivity contribution in [3.8, 4) is 23.2 Å². The average molecular weight is 605 g/mol. The fraction of sp³-hybridized carbons (Fsp3) is 0.212. The molecule has 1 aliphatic heterocycles. The molecule has 1 fully saturated rings. The van der Waals surface area contributed by atoms with Crippen LogP contribution < -0.4 is 5.73 Å². The van der Waals surface area contributed by atoms with E-state index in [9.17, 15) is 10.2 Å². The summed E-state index contributed by atoms with van der Waals surface area (Å²) in [5.41, 5.74) is 11.7. The number of anilines is 1. The topological polar surface area (TPSA) is 145 Å². The Labute approximate surface area is 256 Å². The van der Waals surface area contributed by atoms with Crippen LogP contribution in [0.5, 0.6) is 0 Å². The van der Waals surface area contributed by atoms with E-state index in [4.69, 9.17) is 15.0 Å². The van der Waals surface area contributed by atoms with E-state index in [0.29, 0.717) is 28.1 Å². The Morgan fingerprint density at radius 1 is 1.00 bits per heavy atom. The summed E-state index contributed by atoms with van der Waals surface area (Å²) in [5, 5.41) is 27.8. The lowest BCUT2D eigenvalue weighted by Gasteiger charge is -2.17. The first-order valence-electron chi connectivity index (χ1n) is 14.1. The van der Waals surface area contributed by atoms with E-state index < -0.39 is 24.5 Å². The minimum Gasteiger partial charge on any atom is -0.387 e. The van der Waals surface area contributed by atoms with Gasteiger partial charge in [0.2, 0.25) is 0 Å². The van der Waals surface area contributed by atoms with Gasteiger partial charge in [0.25, 0.3) is 0 Å². The largest absolute Gasteiger partial charge is 0.387 e. The molecule has 5 heterocycles. The lowest BCUT2D eigenvalue weighted by molar-refractivity contribution is -0.0285. The highest BCUT2D eigenvalue weighted by Gasteiger charge is 2.44. The number of aliphatic hydroxyl groups is 2. The molecule has 11 heteroatoms. The quantitative estimate of drug-likeness (QED) is 0.233. The molecular weight excluding hydrogens is 576 g/mol. The number of nitrogen functional groups attached to an aromatic ring is 1. The van der Waals surface area contributed by atoms with Gasteiger partial charge in [0.1, 0.15) is 30.0 Å². The zero-order valence-electron chi connectivity index (χ0n) is 23.7. The minimum absolute atomic E-state index is 0.258. The molecule has 44 heavy (non-hydrogen) atoms. The van der Waals surface area contributed by atoms with Crippen LogP contribution in [0.3, 0.4) is 0 Å². The van der Waals surface area contributed by atoms with Crippen LogP contribution >= 0.6 is 11.8 Å². The van der Waals surface area contributed by atoms with Gasteiger partial charge in [-0.15, -0.1) is 0 Å². The molecule has 2 aromatic carbocycles. The Hall–Kier alpha value is -4.73. The predicted octanol–water partition coefficient (Wildman–Crippen LogP) is 4.48. The second kappa shape index (κ2) is 11.7. The fourth-order valence-electron chi connectivity index (χ4n) is 5.42. The van der Waals surface area contributed by atoms with Gasteiger partial charge in [-0.2, -0.15) is 11.8 Å². The molecule has 6 aromatic rings. The molecule has 1 saturated heterocycles. The van der Waals surface area contributed by atoms with Crippen LogP contribution in [0.15, 0.2) is 83.9 Å². The number of rotatable bonds is 6. The van der Waals surface area contributed by atoms with Gasteiger partial charge in [-0.25, -0.2) is 9.97 Å². The van der Waals surface area contributed by atoms with Crippen molar-refractivity contribution < 1.29 is 19.5 Å². The molecule has 220 valence electrons. The highest BCUT2D eigenvalue weighted by atomic mass is 32.2. The monoisotopic (exact) mass is 604 g/mol. The molecule has 4 aromatic heterocycles. The number of ether oxygens (including phenoxy) is 1. The van der Waals surface area contributed by atoms with Crippen molar-refractivity contribution in [1.82, 2.24) is 24.7 Å².